The van der Waals surface area contributed by atoms with Gasteiger partial charge in [-0.3, -0.25) is 14.2 Å². The molecule has 12 heavy (non-hydrogen) atoms. The number of nitrogens with one attached hydrogen (secondary N) is 1. The number of anilines is 1. The fraction of sp³-hybridized carbons (Fsp3) is 0.143. The highest BCUT2D eigenvalue weighted by Gasteiger charge is 2.18. The predicted octanol–water partition coefficient (Wildman–Crippen LogP) is 0.563. The molecule has 2 heterocycles. The third-order valence-corrected chi connectivity index (χ3v) is 2.30. The van der Waals surface area contributed by atoms with E-state index in [1.807, 2.05) is 0 Å². The van der Waals surface area contributed by atoms with E-state index in [9.17, 15) is 9.59 Å². The van der Waals surface area contributed by atoms with Gasteiger partial charge in [-0.25, -0.2) is 0 Å². The van der Waals surface area contributed by atoms with E-state index >= 15 is 0 Å². The Hall–Kier alpha value is -1.10. The van der Waals surface area contributed by atoms with Gasteiger partial charge in [-0.05, 0) is 28.1 Å². The number of carbonyl (C=O) groups excluding carboxylic acids is 1. The van der Waals surface area contributed by atoms with Crippen molar-refractivity contribution in [1.82, 2.24) is 4.57 Å². The summed E-state index contributed by atoms with van der Waals surface area (Å²) in [7, 11) is 0. The zero-order valence-corrected chi connectivity index (χ0v) is 7.59. The zero-order valence-electron chi connectivity index (χ0n) is 6.00. The fourth-order valence-electron chi connectivity index (χ4n) is 1.14. The number of pyridine rings is 1. The highest BCUT2D eigenvalue weighted by molar-refractivity contribution is 9.10. The number of nitrogens with zero attached hydrogens (tertiary/aromatic N) is 1. The summed E-state index contributed by atoms with van der Waals surface area (Å²) in [6.07, 6.45) is 0. The molecule has 0 aromatic carbocycles. The van der Waals surface area contributed by atoms with Crippen molar-refractivity contribution in [2.24, 2.45) is 0 Å². The van der Waals surface area contributed by atoms with Crippen molar-refractivity contribution in [2.45, 2.75) is 6.54 Å². The highest BCUT2D eigenvalue weighted by atomic mass is 79.9. The molecular formula is C7H5BrN2O2. The maximum absolute atomic E-state index is 11.3. The van der Waals surface area contributed by atoms with Gasteiger partial charge >= 0.3 is 0 Å². The number of aromatic nitrogens is 1. The van der Waals surface area contributed by atoms with Crippen molar-refractivity contribution in [2.75, 3.05) is 5.32 Å². The van der Waals surface area contributed by atoms with Crippen molar-refractivity contribution in [3.8, 4) is 0 Å². The van der Waals surface area contributed by atoms with Gasteiger partial charge in [0, 0.05) is 0 Å². The van der Waals surface area contributed by atoms with E-state index in [1.165, 1.54) is 4.57 Å². The van der Waals surface area contributed by atoms with Crippen molar-refractivity contribution in [1.29, 1.82) is 0 Å². The molecule has 1 N–H and O–H groups in total. The van der Waals surface area contributed by atoms with Crippen LogP contribution in [-0.2, 0) is 11.3 Å². The van der Waals surface area contributed by atoms with Gasteiger partial charge in [-0.15, -0.1) is 0 Å². The van der Waals surface area contributed by atoms with E-state index in [1.54, 1.807) is 12.1 Å². The second kappa shape index (κ2) is 2.45. The molecule has 62 valence electrons. The standard InChI is InChI=1S/C7H5BrN2O2/c8-4-1-2-5-9-6(11)3-10(5)7(4)12/h1-2H,3H2,(H,9,11). The lowest BCUT2D eigenvalue weighted by Crippen LogP contribution is -2.18. The molecule has 0 bridgehead atoms. The Kier molecular flexibility index (Phi) is 1.54. The van der Waals surface area contributed by atoms with Gasteiger partial charge in [0.15, 0.2) is 0 Å². The average Bonchev–Trinajstić information content (AvgIpc) is 2.39. The highest BCUT2D eigenvalue weighted by Crippen LogP contribution is 2.14. The van der Waals surface area contributed by atoms with Crippen LogP contribution < -0.4 is 10.9 Å². The first-order valence-electron chi connectivity index (χ1n) is 3.37. The smallest absolute Gasteiger partial charge is 0.266 e. The number of amides is 1. The summed E-state index contributed by atoms with van der Waals surface area (Å²) in [5.74, 6) is 0.415. The Morgan fingerprint density at radius 2 is 2.17 bits per heavy atom. The fourth-order valence-corrected chi connectivity index (χ4v) is 1.49. The van der Waals surface area contributed by atoms with Crippen LogP contribution in [0.4, 0.5) is 5.82 Å². The van der Waals surface area contributed by atoms with Crippen molar-refractivity contribution >= 4 is 27.7 Å². The van der Waals surface area contributed by atoms with Gasteiger partial charge in [0.1, 0.15) is 12.4 Å². The second-order valence-electron chi connectivity index (χ2n) is 2.51. The summed E-state index contributed by atoms with van der Waals surface area (Å²) >= 11 is 3.10. The molecule has 1 aromatic rings. The van der Waals surface area contributed by atoms with Gasteiger partial charge < -0.3 is 5.32 Å². The maximum atomic E-state index is 11.3. The minimum atomic E-state index is -0.175. The van der Waals surface area contributed by atoms with E-state index in [2.05, 4.69) is 21.2 Å². The molecule has 0 saturated carbocycles. The average molecular weight is 229 g/mol. The van der Waals surface area contributed by atoms with Crippen molar-refractivity contribution in [3.05, 3.63) is 27.0 Å². The molecule has 0 saturated heterocycles. The van der Waals surface area contributed by atoms with Gasteiger partial charge in [-0.2, -0.15) is 0 Å². The van der Waals surface area contributed by atoms with Crippen LogP contribution >= 0.6 is 15.9 Å². The number of hydrogen-bond donors (Lipinski definition) is 1. The largest absolute Gasteiger partial charge is 0.310 e. The van der Waals surface area contributed by atoms with E-state index in [-0.39, 0.29) is 18.0 Å². The second-order valence-corrected chi connectivity index (χ2v) is 3.36. The normalized spacial score (nSPS) is 14.2. The molecule has 5 heteroatoms. The SMILES string of the molecule is O=C1Cn2c(ccc(Br)c2=O)N1. The molecule has 1 aromatic heterocycles. The Balaban J connectivity index is 2.69. The number of hydrogen-bond acceptors (Lipinski definition) is 2. The van der Waals surface area contributed by atoms with Gasteiger partial charge in [-0.1, -0.05) is 0 Å². The monoisotopic (exact) mass is 228 g/mol. The third kappa shape index (κ3) is 0.972. The first kappa shape index (κ1) is 7.54. The summed E-state index contributed by atoms with van der Waals surface area (Å²) in [6.45, 7) is 0.119. The van der Waals surface area contributed by atoms with Crippen LogP contribution in [0.1, 0.15) is 0 Å². The summed E-state index contributed by atoms with van der Waals surface area (Å²) in [5, 5.41) is 2.57. The quantitative estimate of drug-likeness (QED) is 0.706. The number of rotatable bonds is 0. The van der Waals surface area contributed by atoms with E-state index in [4.69, 9.17) is 0 Å². The molecule has 0 fully saturated rings. The molecule has 1 aliphatic rings. The minimum absolute atomic E-state index is 0.119. The lowest BCUT2D eigenvalue weighted by molar-refractivity contribution is -0.115. The Morgan fingerprint density at radius 1 is 1.42 bits per heavy atom. The molecule has 0 radical (unpaired) electrons. The van der Waals surface area contributed by atoms with Gasteiger partial charge in [0.2, 0.25) is 5.91 Å². The van der Waals surface area contributed by atoms with E-state index < -0.39 is 0 Å². The molecule has 1 aliphatic heterocycles. The Labute approximate surface area is 76.3 Å². The van der Waals surface area contributed by atoms with Crippen LogP contribution in [0.5, 0.6) is 0 Å². The topological polar surface area (TPSA) is 51.1 Å². The van der Waals surface area contributed by atoms with Crippen molar-refractivity contribution < 1.29 is 4.79 Å². The lowest BCUT2D eigenvalue weighted by atomic mass is 10.4. The zero-order chi connectivity index (χ0) is 8.72. The number of carbonyl (C=O) groups is 1. The van der Waals surface area contributed by atoms with E-state index in [0.717, 1.165) is 0 Å². The predicted molar refractivity (Wildman–Crippen MR) is 47.0 cm³/mol. The lowest BCUT2D eigenvalue weighted by Gasteiger charge is -1.99. The molecule has 2 rings (SSSR count). The van der Waals surface area contributed by atoms with Crippen molar-refractivity contribution in [3.63, 3.8) is 0 Å². The Morgan fingerprint density at radius 3 is 2.92 bits per heavy atom. The molecule has 0 atom stereocenters. The first-order chi connectivity index (χ1) is 5.68. The van der Waals surface area contributed by atoms with Crippen LogP contribution in [-0.4, -0.2) is 10.5 Å². The summed E-state index contributed by atoms with van der Waals surface area (Å²) in [4.78, 5) is 22.2. The molecule has 4 nitrogen and oxygen atoms in total. The Bertz CT molecular complexity index is 410. The third-order valence-electron chi connectivity index (χ3n) is 1.70. The molecular weight excluding hydrogens is 224 g/mol. The van der Waals surface area contributed by atoms with Crippen LogP contribution in [0.15, 0.2) is 21.4 Å². The van der Waals surface area contributed by atoms with Crippen LogP contribution in [0.25, 0.3) is 0 Å². The summed E-state index contributed by atoms with van der Waals surface area (Å²) in [5.41, 5.74) is -0.175. The molecule has 0 aliphatic carbocycles. The maximum Gasteiger partial charge on any atom is 0.266 e. The van der Waals surface area contributed by atoms with Crippen LogP contribution in [0.3, 0.4) is 0 Å². The van der Waals surface area contributed by atoms with Gasteiger partial charge in [0.05, 0.1) is 4.47 Å². The van der Waals surface area contributed by atoms with Crippen LogP contribution in [0, 0.1) is 0 Å². The minimum Gasteiger partial charge on any atom is -0.310 e. The van der Waals surface area contributed by atoms with Crippen LogP contribution in [0.2, 0.25) is 0 Å². The number of fused-ring (bicyclic) bond motifs is 1. The van der Waals surface area contributed by atoms with E-state index in [0.29, 0.717) is 10.3 Å². The molecule has 1 amide bonds. The number of halogens is 1. The summed E-state index contributed by atoms with van der Waals surface area (Å²) in [6, 6.07) is 3.32. The molecule has 0 spiro atoms. The first-order valence-corrected chi connectivity index (χ1v) is 4.17. The van der Waals surface area contributed by atoms with Gasteiger partial charge in [0.25, 0.3) is 5.56 Å². The summed E-state index contributed by atoms with van der Waals surface area (Å²) < 4.78 is 1.87. The molecule has 0 unspecified atom stereocenters.